The van der Waals surface area contributed by atoms with Crippen LogP contribution < -0.4 is 0 Å². The van der Waals surface area contributed by atoms with Crippen molar-refractivity contribution in [2.24, 2.45) is 50.7 Å². The molecule has 4 saturated carbocycles. The van der Waals surface area contributed by atoms with Gasteiger partial charge in [-0.15, -0.1) is 0 Å². The number of hydrogen-bond donors (Lipinski definition) is 0. The van der Waals surface area contributed by atoms with Crippen LogP contribution in [0.3, 0.4) is 0 Å². The maximum atomic E-state index is 11.9. The molecular weight excluding hydrogens is 428 g/mol. The van der Waals surface area contributed by atoms with E-state index in [4.69, 9.17) is 4.74 Å². The Bertz CT molecular complexity index is 912. The van der Waals surface area contributed by atoms with Gasteiger partial charge in [-0.05, 0) is 116 Å². The lowest BCUT2D eigenvalue weighted by Crippen LogP contribution is -2.65. The molecule has 0 aliphatic heterocycles. The topological polar surface area (TPSA) is 26.3 Å². The smallest absolute Gasteiger partial charge is 0.302 e. The molecule has 8 atom stereocenters. The van der Waals surface area contributed by atoms with E-state index in [1.807, 2.05) is 11.1 Å². The van der Waals surface area contributed by atoms with Gasteiger partial charge in [0, 0.05) is 12.3 Å². The monoisotopic (exact) mass is 482 g/mol. The first-order valence-corrected chi connectivity index (χ1v) is 15.2. The van der Waals surface area contributed by atoms with Crippen LogP contribution >= 0.6 is 0 Å². The average molecular weight is 483 g/mol. The molecule has 0 heterocycles. The van der Waals surface area contributed by atoms with Crippen molar-refractivity contribution in [3.8, 4) is 0 Å². The summed E-state index contributed by atoms with van der Waals surface area (Å²) >= 11 is 0. The van der Waals surface area contributed by atoms with E-state index >= 15 is 0 Å². The molecule has 2 nitrogen and oxygen atoms in total. The quantitative estimate of drug-likeness (QED) is 0.296. The standard InChI is InChI=1S/C33H54O2/c1-10-33-18-13-23(21(2)3)28(33)24-11-12-26-30(7)16-15-27(35-22(4)34)29(5,6)25(30)14-17-32(26,9)31(24,8)19-20-33/h21,24-27H,10-20H2,1-9H3/t24?,25-,26+,27-,30-,31+,32+,33+/m0/s1. The third-order valence-electron chi connectivity index (χ3n) is 13.7. The zero-order chi connectivity index (χ0) is 25.6. The van der Waals surface area contributed by atoms with Gasteiger partial charge in [0.25, 0.3) is 0 Å². The molecule has 5 rings (SSSR count). The number of ether oxygens (including phenoxy) is 1. The summed E-state index contributed by atoms with van der Waals surface area (Å²) in [5, 5.41) is 0. The zero-order valence-electron chi connectivity index (χ0n) is 24.5. The molecule has 0 aromatic rings. The fourth-order valence-corrected chi connectivity index (χ4v) is 11.7. The fraction of sp³-hybridized carbons (Fsp3) is 0.909. The molecule has 4 fully saturated rings. The van der Waals surface area contributed by atoms with Gasteiger partial charge in [-0.2, -0.15) is 0 Å². The Morgan fingerprint density at radius 2 is 1.60 bits per heavy atom. The maximum absolute atomic E-state index is 11.9. The second-order valence-corrected chi connectivity index (χ2v) is 15.3. The highest BCUT2D eigenvalue weighted by atomic mass is 16.5. The summed E-state index contributed by atoms with van der Waals surface area (Å²) in [6.45, 7) is 21.9. The van der Waals surface area contributed by atoms with Crippen LogP contribution in [0.4, 0.5) is 0 Å². The highest BCUT2D eigenvalue weighted by Gasteiger charge is 2.69. The van der Waals surface area contributed by atoms with Crippen molar-refractivity contribution in [3.05, 3.63) is 11.1 Å². The van der Waals surface area contributed by atoms with Crippen LogP contribution in [0.25, 0.3) is 0 Å². The van der Waals surface area contributed by atoms with Crippen molar-refractivity contribution >= 4 is 5.97 Å². The minimum atomic E-state index is -0.104. The molecule has 198 valence electrons. The molecule has 5 aliphatic rings. The molecule has 2 heteroatoms. The van der Waals surface area contributed by atoms with E-state index in [1.165, 1.54) is 64.2 Å². The van der Waals surface area contributed by atoms with Crippen LogP contribution in [0, 0.1) is 50.7 Å². The van der Waals surface area contributed by atoms with Crippen LogP contribution in [-0.2, 0) is 9.53 Å². The summed E-state index contributed by atoms with van der Waals surface area (Å²) in [5.74, 6) is 2.82. The minimum Gasteiger partial charge on any atom is -0.462 e. The maximum Gasteiger partial charge on any atom is 0.302 e. The lowest BCUT2D eigenvalue weighted by atomic mass is 9.33. The van der Waals surface area contributed by atoms with Gasteiger partial charge in [-0.1, -0.05) is 66.5 Å². The second kappa shape index (κ2) is 8.10. The molecule has 0 aromatic carbocycles. The van der Waals surface area contributed by atoms with Gasteiger partial charge in [0.2, 0.25) is 0 Å². The van der Waals surface area contributed by atoms with Crippen molar-refractivity contribution in [3.63, 3.8) is 0 Å². The van der Waals surface area contributed by atoms with E-state index < -0.39 is 0 Å². The molecule has 0 radical (unpaired) electrons. The summed E-state index contributed by atoms with van der Waals surface area (Å²) in [6, 6.07) is 0. The normalized spacial score (nSPS) is 48.6. The van der Waals surface area contributed by atoms with Crippen molar-refractivity contribution in [1.29, 1.82) is 0 Å². The molecule has 0 amide bonds. The Balaban J connectivity index is 1.53. The van der Waals surface area contributed by atoms with E-state index in [1.54, 1.807) is 6.92 Å². The Hall–Kier alpha value is -0.790. The Morgan fingerprint density at radius 3 is 2.23 bits per heavy atom. The molecule has 0 bridgehead atoms. The second-order valence-electron chi connectivity index (χ2n) is 15.3. The van der Waals surface area contributed by atoms with Crippen LogP contribution in [0.2, 0.25) is 0 Å². The van der Waals surface area contributed by atoms with Gasteiger partial charge in [0.1, 0.15) is 6.10 Å². The molecule has 0 spiro atoms. The van der Waals surface area contributed by atoms with Gasteiger partial charge in [-0.3, -0.25) is 4.79 Å². The largest absolute Gasteiger partial charge is 0.462 e. The van der Waals surface area contributed by atoms with E-state index in [2.05, 4.69) is 55.4 Å². The fourth-order valence-electron chi connectivity index (χ4n) is 11.7. The number of rotatable bonds is 3. The van der Waals surface area contributed by atoms with Crippen LogP contribution in [0.5, 0.6) is 0 Å². The lowest BCUT2D eigenvalue weighted by Gasteiger charge is -2.72. The number of carbonyl (C=O) groups excluding carboxylic acids is 1. The van der Waals surface area contributed by atoms with E-state index in [-0.39, 0.29) is 17.5 Å². The Labute approximate surface area is 216 Å². The molecule has 35 heavy (non-hydrogen) atoms. The van der Waals surface area contributed by atoms with E-state index in [9.17, 15) is 4.79 Å². The summed E-state index contributed by atoms with van der Waals surface area (Å²) in [6.07, 6.45) is 14.8. The van der Waals surface area contributed by atoms with Gasteiger partial charge in [0.15, 0.2) is 0 Å². The molecule has 1 unspecified atom stereocenters. The van der Waals surface area contributed by atoms with Crippen molar-refractivity contribution in [2.75, 3.05) is 0 Å². The molecule has 0 saturated heterocycles. The number of esters is 1. The zero-order valence-corrected chi connectivity index (χ0v) is 24.5. The Morgan fingerprint density at radius 1 is 0.886 bits per heavy atom. The predicted molar refractivity (Wildman–Crippen MR) is 145 cm³/mol. The molecular formula is C33H54O2. The summed E-state index contributed by atoms with van der Waals surface area (Å²) in [4.78, 5) is 11.9. The number of carbonyl (C=O) groups is 1. The molecule has 0 aromatic heterocycles. The highest BCUT2D eigenvalue weighted by molar-refractivity contribution is 5.66. The lowest BCUT2D eigenvalue weighted by molar-refractivity contribution is -0.232. The third-order valence-corrected chi connectivity index (χ3v) is 13.7. The van der Waals surface area contributed by atoms with Crippen molar-refractivity contribution < 1.29 is 9.53 Å². The highest BCUT2D eigenvalue weighted by Crippen LogP contribution is 2.77. The summed E-state index contributed by atoms with van der Waals surface area (Å²) in [7, 11) is 0. The van der Waals surface area contributed by atoms with E-state index in [0.717, 1.165) is 18.3 Å². The first-order chi connectivity index (χ1) is 16.3. The minimum absolute atomic E-state index is 0.0560. The summed E-state index contributed by atoms with van der Waals surface area (Å²) in [5.41, 5.74) is 5.56. The predicted octanol–water partition coefficient (Wildman–Crippen LogP) is 9.13. The first-order valence-electron chi connectivity index (χ1n) is 15.2. The van der Waals surface area contributed by atoms with Gasteiger partial charge < -0.3 is 4.74 Å². The van der Waals surface area contributed by atoms with Gasteiger partial charge in [0.05, 0.1) is 0 Å². The van der Waals surface area contributed by atoms with Crippen molar-refractivity contribution in [2.45, 2.75) is 139 Å². The number of hydrogen-bond acceptors (Lipinski definition) is 2. The van der Waals surface area contributed by atoms with Gasteiger partial charge >= 0.3 is 5.97 Å². The SMILES string of the molecule is CC[C@]12CCC(C(C)C)=C1C1CC[C@@H]3[C@@]4(C)CC[C@H](OC(C)=O)C(C)(C)[C@@H]4CC[C@@]3(C)[C@]1(C)CC2. The average Bonchev–Trinajstić information content (AvgIpc) is 3.16. The number of allylic oxidation sites excluding steroid dienone is 2. The molecule has 5 aliphatic carbocycles. The Kier molecular flexibility index (Phi) is 5.98. The summed E-state index contributed by atoms with van der Waals surface area (Å²) < 4.78 is 5.93. The van der Waals surface area contributed by atoms with Gasteiger partial charge in [-0.25, -0.2) is 0 Å². The van der Waals surface area contributed by atoms with Crippen LogP contribution in [0.15, 0.2) is 11.1 Å². The first kappa shape index (κ1) is 25.8. The van der Waals surface area contributed by atoms with Crippen LogP contribution in [-0.4, -0.2) is 12.1 Å². The van der Waals surface area contributed by atoms with Crippen LogP contribution in [0.1, 0.15) is 133 Å². The molecule has 0 N–H and O–H groups in total. The van der Waals surface area contributed by atoms with Crippen molar-refractivity contribution in [1.82, 2.24) is 0 Å². The number of fused-ring (bicyclic) bond motifs is 7. The van der Waals surface area contributed by atoms with E-state index in [0.29, 0.717) is 33.5 Å². The third kappa shape index (κ3) is 3.29.